The van der Waals surface area contributed by atoms with Gasteiger partial charge >= 0.3 is 0 Å². The van der Waals surface area contributed by atoms with E-state index in [9.17, 15) is 4.79 Å². The molecule has 94 valence electrons. The highest BCUT2D eigenvalue weighted by molar-refractivity contribution is 5.76. The van der Waals surface area contributed by atoms with Crippen LogP contribution in [-0.2, 0) is 4.79 Å². The number of hydrogen-bond donors (Lipinski definition) is 1. The number of piperidine rings is 1. The third-order valence-corrected chi connectivity index (χ3v) is 3.25. The molecule has 3 heteroatoms. The summed E-state index contributed by atoms with van der Waals surface area (Å²) in [5.74, 6) is 1.07. The van der Waals surface area contributed by atoms with Gasteiger partial charge in [0.15, 0.2) is 0 Å². The van der Waals surface area contributed by atoms with Crippen LogP contribution < -0.4 is 5.32 Å². The van der Waals surface area contributed by atoms with E-state index in [0.717, 1.165) is 39.0 Å². The molecule has 16 heavy (non-hydrogen) atoms. The van der Waals surface area contributed by atoms with Crippen LogP contribution in [0.25, 0.3) is 0 Å². The minimum Gasteiger partial charge on any atom is -0.342 e. The predicted molar refractivity (Wildman–Crippen MR) is 67.4 cm³/mol. The molecule has 1 saturated heterocycles. The zero-order valence-corrected chi connectivity index (χ0v) is 10.8. The molecule has 1 fully saturated rings. The first-order valence-electron chi connectivity index (χ1n) is 6.76. The van der Waals surface area contributed by atoms with E-state index < -0.39 is 0 Å². The van der Waals surface area contributed by atoms with Gasteiger partial charge in [-0.3, -0.25) is 4.79 Å². The van der Waals surface area contributed by atoms with Crippen molar-refractivity contribution in [2.75, 3.05) is 26.2 Å². The number of nitrogens with one attached hydrogen (secondary N) is 1. The Balaban J connectivity index is 2.39. The van der Waals surface area contributed by atoms with Crippen LogP contribution in [0.5, 0.6) is 0 Å². The fourth-order valence-electron chi connectivity index (χ4n) is 2.34. The summed E-state index contributed by atoms with van der Waals surface area (Å²) in [7, 11) is 0. The van der Waals surface area contributed by atoms with Crippen molar-refractivity contribution in [2.24, 2.45) is 5.92 Å². The molecule has 1 amide bonds. The van der Waals surface area contributed by atoms with E-state index in [4.69, 9.17) is 0 Å². The molecule has 0 aromatic rings. The van der Waals surface area contributed by atoms with Crippen molar-refractivity contribution in [1.29, 1.82) is 0 Å². The molecule has 0 saturated carbocycles. The van der Waals surface area contributed by atoms with Crippen molar-refractivity contribution in [3.8, 4) is 0 Å². The molecule has 0 spiro atoms. The van der Waals surface area contributed by atoms with Crippen LogP contribution in [-0.4, -0.2) is 37.0 Å². The molecule has 0 bridgehead atoms. The Morgan fingerprint density at radius 1 is 1.25 bits per heavy atom. The van der Waals surface area contributed by atoms with E-state index in [0.29, 0.717) is 18.2 Å². The molecule has 0 atom stereocenters. The van der Waals surface area contributed by atoms with Gasteiger partial charge in [-0.15, -0.1) is 0 Å². The van der Waals surface area contributed by atoms with Gasteiger partial charge in [0.05, 0.1) is 0 Å². The summed E-state index contributed by atoms with van der Waals surface area (Å²) in [6.07, 6.45) is 5.19. The van der Waals surface area contributed by atoms with Gasteiger partial charge in [0, 0.05) is 19.5 Å². The molecule has 0 aliphatic carbocycles. The first-order valence-corrected chi connectivity index (χ1v) is 6.76. The second-order valence-corrected chi connectivity index (χ2v) is 4.78. The first kappa shape index (κ1) is 13.5. The highest BCUT2D eigenvalue weighted by atomic mass is 16.2. The van der Waals surface area contributed by atoms with Crippen LogP contribution in [0, 0.1) is 5.92 Å². The molecule has 1 heterocycles. The van der Waals surface area contributed by atoms with E-state index >= 15 is 0 Å². The summed E-state index contributed by atoms with van der Waals surface area (Å²) >= 11 is 0. The lowest BCUT2D eigenvalue weighted by Crippen LogP contribution is -2.39. The van der Waals surface area contributed by atoms with Crippen LogP contribution in [0.2, 0.25) is 0 Å². The molecule has 3 nitrogen and oxygen atoms in total. The molecular formula is C13H26N2O. The summed E-state index contributed by atoms with van der Waals surface area (Å²) in [5.41, 5.74) is 0. The third kappa shape index (κ3) is 4.52. The van der Waals surface area contributed by atoms with Crippen LogP contribution >= 0.6 is 0 Å². The van der Waals surface area contributed by atoms with Crippen LogP contribution in [0.15, 0.2) is 0 Å². The lowest BCUT2D eigenvalue weighted by atomic mass is 9.97. The van der Waals surface area contributed by atoms with Gasteiger partial charge in [0.2, 0.25) is 5.91 Å². The molecule has 1 rings (SSSR count). The smallest absolute Gasteiger partial charge is 0.222 e. The number of nitrogens with zero attached hydrogens (tertiary/aromatic N) is 1. The monoisotopic (exact) mass is 226 g/mol. The summed E-state index contributed by atoms with van der Waals surface area (Å²) in [5, 5.41) is 3.37. The standard InChI is InChI=1S/C13H26N2O/c1-3-5-13(16)15(10-4-2)11-12-6-8-14-9-7-12/h12,14H,3-11H2,1-2H3. The fourth-order valence-corrected chi connectivity index (χ4v) is 2.34. The van der Waals surface area contributed by atoms with E-state index in [2.05, 4.69) is 24.1 Å². The highest BCUT2D eigenvalue weighted by Gasteiger charge is 2.19. The SMILES string of the molecule is CCCC(=O)N(CCC)CC1CCNCC1. The van der Waals surface area contributed by atoms with Crippen molar-refractivity contribution >= 4 is 5.91 Å². The predicted octanol–water partition coefficient (Wildman–Crippen LogP) is 2.02. The Morgan fingerprint density at radius 2 is 1.94 bits per heavy atom. The van der Waals surface area contributed by atoms with Gasteiger partial charge in [-0.05, 0) is 44.7 Å². The minimum atomic E-state index is 0.350. The second kappa shape index (κ2) is 7.66. The molecule has 1 N–H and O–H groups in total. The molecular weight excluding hydrogens is 200 g/mol. The minimum absolute atomic E-state index is 0.350. The average Bonchev–Trinajstić information content (AvgIpc) is 2.30. The molecule has 1 aliphatic heterocycles. The molecule has 0 aromatic heterocycles. The highest BCUT2D eigenvalue weighted by Crippen LogP contribution is 2.14. The average molecular weight is 226 g/mol. The maximum atomic E-state index is 11.9. The van der Waals surface area contributed by atoms with E-state index in [1.54, 1.807) is 0 Å². The van der Waals surface area contributed by atoms with Crippen molar-refractivity contribution in [1.82, 2.24) is 10.2 Å². The van der Waals surface area contributed by atoms with Crippen molar-refractivity contribution in [2.45, 2.75) is 46.0 Å². The molecule has 0 unspecified atom stereocenters. The van der Waals surface area contributed by atoms with Crippen LogP contribution in [0.3, 0.4) is 0 Å². The maximum absolute atomic E-state index is 11.9. The topological polar surface area (TPSA) is 32.3 Å². The van der Waals surface area contributed by atoms with Gasteiger partial charge < -0.3 is 10.2 Å². The summed E-state index contributed by atoms with van der Waals surface area (Å²) in [4.78, 5) is 14.0. The lowest BCUT2D eigenvalue weighted by molar-refractivity contribution is -0.132. The van der Waals surface area contributed by atoms with Gasteiger partial charge in [0.1, 0.15) is 0 Å². The quantitative estimate of drug-likeness (QED) is 0.751. The van der Waals surface area contributed by atoms with Crippen LogP contribution in [0.4, 0.5) is 0 Å². The normalized spacial score (nSPS) is 17.4. The van der Waals surface area contributed by atoms with Gasteiger partial charge in [-0.2, -0.15) is 0 Å². The number of rotatable bonds is 6. The lowest BCUT2D eigenvalue weighted by Gasteiger charge is -2.30. The zero-order valence-electron chi connectivity index (χ0n) is 10.8. The Labute approximate surface area is 99.6 Å². The fraction of sp³-hybridized carbons (Fsp3) is 0.923. The number of amides is 1. The van der Waals surface area contributed by atoms with E-state index in [1.807, 2.05) is 0 Å². The van der Waals surface area contributed by atoms with Crippen molar-refractivity contribution < 1.29 is 4.79 Å². The number of carbonyl (C=O) groups is 1. The van der Waals surface area contributed by atoms with Gasteiger partial charge in [-0.25, -0.2) is 0 Å². The zero-order chi connectivity index (χ0) is 11.8. The van der Waals surface area contributed by atoms with E-state index in [-0.39, 0.29) is 0 Å². The molecule has 1 aliphatic rings. The van der Waals surface area contributed by atoms with E-state index in [1.165, 1.54) is 12.8 Å². The largest absolute Gasteiger partial charge is 0.342 e. The summed E-state index contributed by atoms with van der Waals surface area (Å²) in [6, 6.07) is 0. The molecule has 0 radical (unpaired) electrons. The Hall–Kier alpha value is -0.570. The molecule has 0 aromatic carbocycles. The number of hydrogen-bond acceptors (Lipinski definition) is 2. The van der Waals surface area contributed by atoms with Crippen molar-refractivity contribution in [3.63, 3.8) is 0 Å². The Bertz CT molecular complexity index is 200. The third-order valence-electron chi connectivity index (χ3n) is 3.25. The first-order chi connectivity index (χ1) is 7.77. The summed E-state index contributed by atoms with van der Waals surface area (Å²) < 4.78 is 0. The Kier molecular flexibility index (Phi) is 6.46. The van der Waals surface area contributed by atoms with Gasteiger partial charge in [-0.1, -0.05) is 13.8 Å². The number of carbonyl (C=O) groups excluding carboxylic acids is 1. The van der Waals surface area contributed by atoms with Crippen molar-refractivity contribution in [3.05, 3.63) is 0 Å². The van der Waals surface area contributed by atoms with Crippen LogP contribution in [0.1, 0.15) is 46.0 Å². The van der Waals surface area contributed by atoms with Gasteiger partial charge in [0.25, 0.3) is 0 Å². The second-order valence-electron chi connectivity index (χ2n) is 4.78. The summed E-state index contributed by atoms with van der Waals surface area (Å²) in [6.45, 7) is 8.37. The Morgan fingerprint density at radius 3 is 2.50 bits per heavy atom. The maximum Gasteiger partial charge on any atom is 0.222 e.